The summed E-state index contributed by atoms with van der Waals surface area (Å²) in [6.45, 7) is 3.83. The maximum absolute atomic E-state index is 11.8. The van der Waals surface area contributed by atoms with Gasteiger partial charge in [0.2, 0.25) is 5.91 Å². The number of benzene rings is 1. The Morgan fingerprint density at radius 1 is 1.27 bits per heavy atom. The minimum absolute atomic E-state index is 0.268. The highest BCUT2D eigenvalue weighted by atomic mass is 32.2. The van der Waals surface area contributed by atoms with E-state index in [0.717, 1.165) is 17.7 Å². The average Bonchev–Trinajstić information content (AvgIpc) is 2.53. The van der Waals surface area contributed by atoms with Crippen LogP contribution in [-0.4, -0.2) is 34.5 Å². The summed E-state index contributed by atoms with van der Waals surface area (Å²) in [7, 11) is 0. The van der Waals surface area contributed by atoms with Crippen LogP contribution in [0.2, 0.25) is 0 Å². The van der Waals surface area contributed by atoms with Crippen LogP contribution >= 0.6 is 24.4 Å². The van der Waals surface area contributed by atoms with E-state index in [-0.39, 0.29) is 11.8 Å². The fourth-order valence-electron chi connectivity index (χ4n) is 1.74. The van der Waals surface area contributed by atoms with Gasteiger partial charge in [-0.2, -0.15) is 24.4 Å². The number of nitrogens with one attached hydrogen (secondary N) is 1. The van der Waals surface area contributed by atoms with E-state index in [1.807, 2.05) is 0 Å². The number of carboxylic acid groups (broad SMARTS) is 1. The Bertz CT molecular complexity index is 491. The van der Waals surface area contributed by atoms with Crippen LogP contribution in [0.5, 0.6) is 0 Å². The van der Waals surface area contributed by atoms with Crippen molar-refractivity contribution in [1.29, 1.82) is 0 Å². The van der Waals surface area contributed by atoms with Crippen molar-refractivity contribution in [2.45, 2.75) is 32.1 Å². The van der Waals surface area contributed by atoms with Gasteiger partial charge < -0.3 is 10.4 Å². The number of aliphatic carboxylic acids is 1. The largest absolute Gasteiger partial charge is 0.480 e. The lowest BCUT2D eigenvalue weighted by Crippen LogP contribution is -2.45. The van der Waals surface area contributed by atoms with Crippen molar-refractivity contribution in [1.82, 2.24) is 5.32 Å². The van der Waals surface area contributed by atoms with Gasteiger partial charge in [0.1, 0.15) is 6.04 Å². The summed E-state index contributed by atoms with van der Waals surface area (Å²) < 4.78 is 0. The first-order valence-corrected chi connectivity index (χ1v) is 9.06. The monoisotopic (exact) mass is 341 g/mol. The van der Waals surface area contributed by atoms with E-state index in [1.54, 1.807) is 6.92 Å². The molecule has 1 aromatic carbocycles. The Hall–Kier alpha value is -1.14. The van der Waals surface area contributed by atoms with Crippen LogP contribution in [-0.2, 0) is 21.8 Å². The number of hydrogen-bond donors (Lipinski definition) is 3. The van der Waals surface area contributed by atoms with Gasteiger partial charge >= 0.3 is 5.97 Å². The van der Waals surface area contributed by atoms with Gasteiger partial charge in [0.15, 0.2) is 0 Å². The fraction of sp³-hybridized carbons (Fsp3) is 0.500. The minimum Gasteiger partial charge on any atom is -0.480 e. The van der Waals surface area contributed by atoms with Gasteiger partial charge in [0.05, 0.1) is 0 Å². The fourth-order valence-corrected chi connectivity index (χ4v) is 2.91. The van der Waals surface area contributed by atoms with Crippen molar-refractivity contribution in [2.75, 3.05) is 11.5 Å². The molecule has 0 saturated heterocycles. The molecule has 0 radical (unpaired) electrons. The molecule has 0 unspecified atom stereocenters. The molecule has 1 rings (SSSR count). The SMILES string of the molecule is CCc1ccc(CSC[C@H](NC(=O)[C@H](C)CS)C(=O)O)cc1. The molecular weight excluding hydrogens is 318 g/mol. The summed E-state index contributed by atoms with van der Waals surface area (Å²) in [4.78, 5) is 23.0. The zero-order valence-electron chi connectivity index (χ0n) is 12.9. The summed E-state index contributed by atoms with van der Waals surface area (Å²) in [6.07, 6.45) is 1.00. The molecule has 0 aliphatic carbocycles. The van der Waals surface area contributed by atoms with Crippen LogP contribution in [0.4, 0.5) is 0 Å². The number of carboxylic acids is 1. The van der Waals surface area contributed by atoms with Crippen molar-refractivity contribution in [2.24, 2.45) is 5.92 Å². The molecule has 2 atom stereocenters. The summed E-state index contributed by atoms with van der Waals surface area (Å²) in [5.74, 6) is -0.0999. The van der Waals surface area contributed by atoms with Gasteiger partial charge in [0.25, 0.3) is 0 Å². The van der Waals surface area contributed by atoms with E-state index in [4.69, 9.17) is 0 Å². The second-order valence-corrected chi connectivity index (χ2v) is 6.56. The lowest BCUT2D eigenvalue weighted by molar-refractivity contribution is -0.141. The molecule has 0 aromatic heterocycles. The third-order valence-electron chi connectivity index (χ3n) is 3.32. The Balaban J connectivity index is 2.47. The predicted octanol–water partition coefficient (Wildman–Crippen LogP) is 2.62. The van der Waals surface area contributed by atoms with Crippen LogP contribution in [0.3, 0.4) is 0 Å². The number of carbonyl (C=O) groups is 2. The van der Waals surface area contributed by atoms with E-state index in [1.165, 1.54) is 17.3 Å². The Kier molecular flexibility index (Phi) is 8.42. The molecule has 0 aliphatic rings. The number of aryl methyl sites for hydroxylation is 1. The molecule has 0 bridgehead atoms. The Morgan fingerprint density at radius 2 is 1.86 bits per heavy atom. The molecule has 22 heavy (non-hydrogen) atoms. The Morgan fingerprint density at radius 3 is 2.36 bits per heavy atom. The van der Waals surface area contributed by atoms with Crippen LogP contribution in [0.25, 0.3) is 0 Å². The number of thioether (sulfide) groups is 1. The van der Waals surface area contributed by atoms with Crippen molar-refractivity contribution < 1.29 is 14.7 Å². The van der Waals surface area contributed by atoms with Gasteiger partial charge in [-0.25, -0.2) is 4.79 Å². The molecule has 2 N–H and O–H groups in total. The lowest BCUT2D eigenvalue weighted by atomic mass is 10.1. The standard InChI is InChI=1S/C16H23NO3S2/c1-3-12-4-6-13(7-5-12)9-22-10-14(16(19)20)17-15(18)11(2)8-21/h4-7,11,14,21H,3,8-10H2,1-2H3,(H,17,18)(H,19,20)/t11-,14+/m1/s1. The second kappa shape index (κ2) is 9.79. The predicted molar refractivity (Wildman–Crippen MR) is 94.6 cm³/mol. The molecule has 122 valence electrons. The summed E-state index contributed by atoms with van der Waals surface area (Å²) in [5, 5.41) is 11.8. The average molecular weight is 341 g/mol. The normalized spacial score (nSPS) is 13.4. The number of amides is 1. The molecule has 1 aromatic rings. The third-order valence-corrected chi connectivity index (χ3v) is 4.97. The van der Waals surface area contributed by atoms with Crippen LogP contribution in [0, 0.1) is 5.92 Å². The van der Waals surface area contributed by atoms with Gasteiger partial charge in [-0.1, -0.05) is 38.1 Å². The van der Waals surface area contributed by atoms with E-state index in [9.17, 15) is 14.7 Å². The second-order valence-electron chi connectivity index (χ2n) is 5.17. The zero-order valence-corrected chi connectivity index (χ0v) is 14.6. The smallest absolute Gasteiger partial charge is 0.327 e. The Labute approximate surface area is 141 Å². The molecule has 0 spiro atoms. The number of hydrogen-bond acceptors (Lipinski definition) is 4. The highest BCUT2D eigenvalue weighted by Crippen LogP contribution is 2.15. The van der Waals surface area contributed by atoms with Crippen LogP contribution in [0.1, 0.15) is 25.0 Å². The van der Waals surface area contributed by atoms with Gasteiger partial charge in [-0.3, -0.25) is 4.79 Å². The highest BCUT2D eigenvalue weighted by Gasteiger charge is 2.22. The van der Waals surface area contributed by atoms with Gasteiger partial charge in [-0.05, 0) is 17.5 Å². The minimum atomic E-state index is -1.01. The third kappa shape index (κ3) is 6.32. The first-order valence-electron chi connectivity index (χ1n) is 7.27. The number of carbonyl (C=O) groups excluding carboxylic acids is 1. The molecule has 1 amide bonds. The molecule has 0 fully saturated rings. The van der Waals surface area contributed by atoms with Crippen molar-refractivity contribution in [3.05, 3.63) is 35.4 Å². The number of rotatable bonds is 9. The van der Waals surface area contributed by atoms with Gasteiger partial charge in [0, 0.05) is 23.2 Å². The highest BCUT2D eigenvalue weighted by molar-refractivity contribution is 7.98. The summed E-state index contributed by atoms with van der Waals surface area (Å²) in [5.41, 5.74) is 2.44. The van der Waals surface area contributed by atoms with Gasteiger partial charge in [-0.15, -0.1) is 0 Å². The molecule has 0 heterocycles. The quantitative estimate of drug-likeness (QED) is 0.604. The lowest BCUT2D eigenvalue weighted by Gasteiger charge is -2.16. The summed E-state index contributed by atoms with van der Waals surface area (Å²) in [6, 6.07) is 7.42. The molecular formula is C16H23NO3S2. The van der Waals surface area contributed by atoms with E-state index in [2.05, 4.69) is 49.1 Å². The van der Waals surface area contributed by atoms with E-state index >= 15 is 0 Å². The van der Waals surface area contributed by atoms with Crippen molar-refractivity contribution in [3.8, 4) is 0 Å². The first-order chi connectivity index (χ1) is 10.5. The van der Waals surface area contributed by atoms with E-state index in [0.29, 0.717) is 11.5 Å². The molecule has 4 nitrogen and oxygen atoms in total. The maximum Gasteiger partial charge on any atom is 0.327 e. The zero-order chi connectivity index (χ0) is 16.5. The van der Waals surface area contributed by atoms with Crippen LogP contribution in [0.15, 0.2) is 24.3 Å². The van der Waals surface area contributed by atoms with E-state index < -0.39 is 12.0 Å². The summed E-state index contributed by atoms with van der Waals surface area (Å²) >= 11 is 5.55. The molecule has 6 heteroatoms. The number of thiol groups is 1. The first kappa shape index (κ1) is 18.9. The molecule has 0 aliphatic heterocycles. The van der Waals surface area contributed by atoms with Crippen molar-refractivity contribution >= 4 is 36.3 Å². The van der Waals surface area contributed by atoms with Crippen molar-refractivity contribution in [3.63, 3.8) is 0 Å². The topological polar surface area (TPSA) is 66.4 Å². The molecule has 0 saturated carbocycles. The van der Waals surface area contributed by atoms with Crippen LogP contribution < -0.4 is 5.32 Å². The maximum atomic E-state index is 11.8.